The zero-order valence-electron chi connectivity index (χ0n) is 51.9. The van der Waals surface area contributed by atoms with E-state index >= 15 is 0 Å². The van der Waals surface area contributed by atoms with Crippen LogP contribution >= 0.6 is 90.0 Å². The van der Waals surface area contributed by atoms with Crippen LogP contribution in [0.3, 0.4) is 0 Å². The van der Waals surface area contributed by atoms with Gasteiger partial charge in [-0.25, -0.2) is 39.6 Å². The van der Waals surface area contributed by atoms with Crippen LogP contribution in [0.1, 0.15) is 87.8 Å². The van der Waals surface area contributed by atoms with Crippen LogP contribution < -0.4 is 25.8 Å². The first-order valence-corrected chi connectivity index (χ1v) is 36.1. The van der Waals surface area contributed by atoms with Gasteiger partial charge in [0.15, 0.2) is 16.8 Å². The second kappa shape index (κ2) is 42.4. The van der Waals surface area contributed by atoms with Crippen molar-refractivity contribution in [3.05, 3.63) is 92.5 Å². The van der Waals surface area contributed by atoms with Crippen molar-refractivity contribution in [1.29, 1.82) is 0 Å². The number of ether oxygens (including phenoxy) is 3. The summed E-state index contributed by atoms with van der Waals surface area (Å²) < 4.78 is 41.9. The number of amides is 4. The maximum Gasteiger partial charge on any atom is 0.415 e. The third kappa shape index (κ3) is 26.0. The average molecular weight is 1660 g/mol. The van der Waals surface area contributed by atoms with Crippen molar-refractivity contribution in [3.8, 4) is 0 Å². The van der Waals surface area contributed by atoms with E-state index in [4.69, 9.17) is 59.5 Å². The first-order chi connectivity index (χ1) is 46.9. The molecule has 4 aliphatic heterocycles. The topological polar surface area (TPSA) is 421 Å². The molecular weight excluding hydrogens is 1590 g/mol. The molecule has 4 atom stereocenters. The summed E-state index contributed by atoms with van der Waals surface area (Å²) in [5.74, 6) is 2.60. The number of halogens is 4. The Hall–Kier alpha value is -6.17. The molecule has 0 bridgehead atoms. The summed E-state index contributed by atoms with van der Waals surface area (Å²) in [6.07, 6.45) is 2.18. The lowest BCUT2D eigenvalue weighted by Crippen LogP contribution is -2.41. The minimum Gasteiger partial charge on any atom is -0.447 e. The van der Waals surface area contributed by atoms with Gasteiger partial charge in [0.2, 0.25) is 22.4 Å². The number of hydrogen-bond donors (Lipinski definition) is 4. The molecule has 4 aliphatic rings. The Bertz CT molecular complexity index is 3830. The molecule has 552 valence electrons. The van der Waals surface area contributed by atoms with Gasteiger partial charge < -0.3 is 35.1 Å². The van der Waals surface area contributed by atoms with Gasteiger partial charge in [-0.3, -0.25) is 14.6 Å². The van der Waals surface area contributed by atoms with Crippen LogP contribution in [0.25, 0.3) is 30.6 Å². The Morgan fingerprint density at radius 1 is 0.640 bits per heavy atom. The molecule has 0 radical (unpaired) electrons. The molecule has 38 nitrogen and oxygen atoms in total. The van der Waals surface area contributed by atoms with Gasteiger partial charge in [-0.05, 0) is 194 Å². The van der Waals surface area contributed by atoms with Crippen molar-refractivity contribution < 1.29 is 127 Å². The Kier molecular flexibility index (Phi) is 35.8. The van der Waals surface area contributed by atoms with E-state index in [9.17, 15) is 27.6 Å². The highest BCUT2D eigenvalue weighted by Crippen LogP contribution is 2.37. The fraction of sp³-hybridized carbons (Fsp3) is 0.444. The van der Waals surface area contributed by atoms with E-state index in [-0.39, 0.29) is 85.6 Å². The number of carbonyl (C=O) groups is 4. The van der Waals surface area contributed by atoms with E-state index in [1.54, 1.807) is 9.80 Å². The van der Waals surface area contributed by atoms with Crippen molar-refractivity contribution >= 4 is 175 Å². The lowest BCUT2D eigenvalue weighted by Gasteiger charge is -2.32. The number of rotatable bonds is 27. The van der Waals surface area contributed by atoms with Gasteiger partial charge in [-0.1, -0.05) is 91.0 Å². The molecule has 4 saturated heterocycles. The summed E-state index contributed by atoms with van der Waals surface area (Å²) in [5.41, 5.74) is 4.51. The highest BCUT2D eigenvalue weighted by atomic mass is 127. The van der Waals surface area contributed by atoms with Gasteiger partial charge in [-0.2, -0.15) is 18.4 Å². The first kappa shape index (κ1) is 84.5. The zero-order chi connectivity index (χ0) is 70.9. The van der Waals surface area contributed by atoms with Crippen LogP contribution in [0.2, 0.25) is 15.7 Å². The molecule has 0 saturated carbocycles. The number of cyclic esters (lactones) is 3. The Morgan fingerprint density at radius 3 is 1.55 bits per heavy atom. The molecule has 46 heteroatoms. The fourth-order valence-corrected chi connectivity index (χ4v) is 12.2. The summed E-state index contributed by atoms with van der Waals surface area (Å²) in [6, 6.07) is 14.4. The van der Waals surface area contributed by atoms with E-state index in [1.807, 2.05) is 53.1 Å². The van der Waals surface area contributed by atoms with Crippen molar-refractivity contribution in [2.45, 2.75) is 106 Å². The molecule has 4 N–H and O–H groups in total. The predicted molar refractivity (Wildman–Crippen MR) is 364 cm³/mol. The number of alkyl carbamates (subject to hydrolysis) is 1. The zero-order valence-corrected chi connectivity index (χ0v) is 59.6. The van der Waals surface area contributed by atoms with Gasteiger partial charge in [-0.15, -0.1) is 34.0 Å². The van der Waals surface area contributed by atoms with Crippen molar-refractivity contribution in [1.82, 2.24) is 40.1 Å². The number of likely N-dealkylation sites (tertiary alicyclic amines) is 1. The van der Waals surface area contributed by atoms with E-state index < -0.39 is 7.29 Å². The van der Waals surface area contributed by atoms with Crippen LogP contribution in [-0.2, 0) is 106 Å². The molecule has 1 aromatic carbocycles. The average Bonchev–Trinajstić information content (AvgIpc) is 1.60. The SMILES string of the molecule is C.C.C=CC(=O)N1CCC(Nc2ccc([C@H](C)Nc3nc(N4C(=O)OC[C@@H]4C(C)C)c4sccc4n3)cc2)CC1.CC(C)[C@H]1COC(=O)N1.CC(C)[C@H]1COC(=O)N1c1nc(Cl)nc2ccsc12.Clc1nc(Cl)c2sccc2n1.O=S(=O)(I)OOOOOOOOOOOOOOOOO. The molecule has 4 fully saturated rings. The Morgan fingerprint density at radius 2 is 1.10 bits per heavy atom. The minimum atomic E-state index is -3.96. The number of aromatic nitrogens is 6. The van der Waals surface area contributed by atoms with E-state index in [0.29, 0.717) is 54.5 Å². The molecule has 0 aliphatic carbocycles. The third-order valence-corrected chi connectivity index (χ3v) is 17.8. The summed E-state index contributed by atoms with van der Waals surface area (Å²) in [6.45, 7) is 20.8. The molecule has 11 rings (SSSR count). The second-order valence-corrected chi connectivity index (χ2v) is 28.9. The molecule has 10 heterocycles. The number of hydrogen-bond acceptors (Lipinski definition) is 37. The molecule has 6 aromatic heterocycles. The van der Waals surface area contributed by atoms with E-state index in [0.717, 1.165) is 89.0 Å². The lowest BCUT2D eigenvalue weighted by molar-refractivity contribution is -0.885. The van der Waals surface area contributed by atoms with Gasteiger partial charge in [0.1, 0.15) is 41.0 Å². The normalized spacial score (nSPS) is 17.0. The first-order valence-electron chi connectivity index (χ1n) is 28.3. The Balaban J connectivity index is 0.000000247. The molecule has 0 unspecified atom stereocenters. The molecule has 0 spiro atoms. The number of benzene rings is 1. The second-order valence-electron chi connectivity index (χ2n) is 20.9. The maximum absolute atomic E-state index is 12.6. The van der Waals surface area contributed by atoms with Crippen molar-refractivity contribution in [3.63, 3.8) is 0 Å². The van der Waals surface area contributed by atoms with Crippen LogP contribution in [0.15, 0.2) is 71.3 Å². The lowest BCUT2D eigenvalue weighted by atomic mass is 10.0. The van der Waals surface area contributed by atoms with Crippen molar-refractivity contribution in [2.24, 2.45) is 17.8 Å². The number of carbonyl (C=O) groups excluding carboxylic acids is 4. The molecule has 4 amide bonds. The van der Waals surface area contributed by atoms with Gasteiger partial charge in [0.25, 0.3) is 0 Å². The molecular formula is C54H68Cl3IN12O26S4. The minimum absolute atomic E-state index is 0. The van der Waals surface area contributed by atoms with E-state index in [2.05, 4.69) is 186 Å². The largest absolute Gasteiger partial charge is 0.447 e. The summed E-state index contributed by atoms with van der Waals surface area (Å²) >= 11 is 22.7. The summed E-state index contributed by atoms with van der Waals surface area (Å²) in [4.78, 5) is 77.6. The van der Waals surface area contributed by atoms with E-state index in [1.165, 1.54) is 40.1 Å². The standard InChI is InChI=1S/C28H34N6O3S.C12H12ClN3O2S.C6H2Cl2N2S.C6H11NO2.2CH4.HIO19S/c1-5-24(35)33-13-10-21(11-14-33)30-20-8-6-19(7-9-20)18(4)29-27-31-22-12-15-38-25(22)26(32-27)34-23(17(2)3)16-37-28(34)36;1-6(2)8-5-18-12(17)16(8)10-9-7(3-4-19-9)14-11(13)15-10;7-5-4-3(1-2-11-4)9-6(8)10-5;1-4(2)5-3-9-6(8)7-5;;;1-21(3,4)20-19-18-17-16-15-14-13-12-11-10-9-8-7-6-5-2/h5-9,12,15,17-18,21,23,30H,1,10-11,13-14,16H2,2-4H3,(H,29,31,32);3-4,6,8H,5H2,1-2H3;1-2H;4-5H,3H2,1-2H3,(H,7,8);2*1H4;2H/t18-,23+;8-;;5-;;;/m01.1.../s1. The fourth-order valence-electron chi connectivity index (χ4n) is 8.91. The maximum atomic E-state index is 12.6. The summed E-state index contributed by atoms with van der Waals surface area (Å²) in [7, 11) is -3.96. The molecule has 7 aromatic rings. The number of fused-ring (bicyclic) bond motifs is 3. The third-order valence-electron chi connectivity index (χ3n) is 13.7. The quantitative estimate of drug-likeness (QED) is 0.00427. The van der Waals surface area contributed by atoms with Gasteiger partial charge in [0.05, 0.1) is 54.8 Å². The number of anilines is 4. The smallest absolute Gasteiger partial charge is 0.415 e. The Labute approximate surface area is 608 Å². The van der Waals surface area contributed by atoms with Crippen LogP contribution in [-0.4, -0.2) is 130 Å². The number of nitrogens with one attached hydrogen (secondary N) is 3. The summed E-state index contributed by atoms with van der Waals surface area (Å²) in [5, 5.41) is 74.4. The highest BCUT2D eigenvalue weighted by molar-refractivity contribution is 14.2. The molecule has 100 heavy (non-hydrogen) atoms. The number of piperidine rings is 1. The highest BCUT2D eigenvalue weighted by Gasteiger charge is 2.40. The number of thiophene rings is 3. The van der Waals surface area contributed by atoms with Crippen LogP contribution in [0.4, 0.5) is 37.7 Å². The van der Waals surface area contributed by atoms with Crippen LogP contribution in [0, 0.1) is 17.8 Å². The number of nitrogens with zero attached hydrogens (tertiary/aromatic N) is 9. The predicted octanol–water partition coefficient (Wildman–Crippen LogP) is 12.9. The van der Waals surface area contributed by atoms with Gasteiger partial charge >= 0.3 is 25.6 Å². The monoisotopic (exact) mass is 1660 g/mol. The van der Waals surface area contributed by atoms with Crippen molar-refractivity contribution in [2.75, 3.05) is 53.3 Å². The van der Waals surface area contributed by atoms with Crippen LogP contribution in [0.5, 0.6) is 0 Å². The van der Waals surface area contributed by atoms with Gasteiger partial charge in [0, 0.05) is 24.8 Å².